The number of hydrogen-bond donors (Lipinski definition) is 2. The molecule has 0 aliphatic rings. The van der Waals surface area contributed by atoms with Crippen LogP contribution < -0.4 is 15.4 Å². The molecule has 0 bridgehead atoms. The summed E-state index contributed by atoms with van der Waals surface area (Å²) < 4.78 is 5.67. The maximum Gasteiger partial charge on any atom is 0.224 e. The van der Waals surface area contributed by atoms with Gasteiger partial charge >= 0.3 is 0 Å². The zero-order valence-electron chi connectivity index (χ0n) is 17.2. The Morgan fingerprint density at radius 2 is 1.86 bits per heavy atom. The summed E-state index contributed by atoms with van der Waals surface area (Å²) >= 11 is 0. The molecule has 0 atom stereocenters. The lowest BCUT2D eigenvalue weighted by molar-refractivity contribution is -0.130. The minimum atomic E-state index is 0.0833. The third kappa shape index (κ3) is 7.70. The standard InChI is InChI=1S/C23H30N4O2/c1-4-16-29-21-13-9-8-12-20(21)17-26-23(24-2)25-15-14-22(28)27(3)18-19-10-6-5-7-11-19/h4-13H,1,14-18H2,2-3H3,(H2,24,25,26). The lowest BCUT2D eigenvalue weighted by atomic mass is 10.2. The summed E-state index contributed by atoms with van der Waals surface area (Å²) in [7, 11) is 3.53. The van der Waals surface area contributed by atoms with Crippen LogP contribution in [0, 0.1) is 0 Å². The number of ether oxygens (including phenoxy) is 1. The van der Waals surface area contributed by atoms with Gasteiger partial charge in [0.05, 0.1) is 0 Å². The van der Waals surface area contributed by atoms with Crippen LogP contribution in [0.4, 0.5) is 0 Å². The number of guanidine groups is 1. The van der Waals surface area contributed by atoms with Crippen molar-refractivity contribution in [2.24, 2.45) is 4.99 Å². The summed E-state index contributed by atoms with van der Waals surface area (Å²) in [6, 6.07) is 17.8. The van der Waals surface area contributed by atoms with Gasteiger partial charge in [-0.15, -0.1) is 0 Å². The van der Waals surface area contributed by atoms with Gasteiger partial charge < -0.3 is 20.3 Å². The molecule has 0 aliphatic carbocycles. The summed E-state index contributed by atoms with van der Waals surface area (Å²) in [5.74, 6) is 1.54. The monoisotopic (exact) mass is 394 g/mol. The molecular formula is C23H30N4O2. The molecular weight excluding hydrogens is 364 g/mol. The lowest BCUT2D eigenvalue weighted by Gasteiger charge is -2.18. The van der Waals surface area contributed by atoms with Crippen molar-refractivity contribution in [2.45, 2.75) is 19.5 Å². The van der Waals surface area contributed by atoms with E-state index in [2.05, 4.69) is 22.2 Å². The van der Waals surface area contributed by atoms with Gasteiger partial charge in [-0.25, -0.2) is 0 Å². The molecule has 2 aromatic rings. The van der Waals surface area contributed by atoms with Crippen LogP contribution in [-0.2, 0) is 17.9 Å². The normalized spacial score (nSPS) is 10.9. The van der Waals surface area contributed by atoms with Gasteiger partial charge in [-0.05, 0) is 11.6 Å². The zero-order valence-corrected chi connectivity index (χ0v) is 17.2. The van der Waals surface area contributed by atoms with E-state index < -0.39 is 0 Å². The van der Waals surface area contributed by atoms with Gasteiger partial charge in [0.15, 0.2) is 5.96 Å². The van der Waals surface area contributed by atoms with Gasteiger partial charge in [-0.2, -0.15) is 0 Å². The molecule has 0 saturated heterocycles. The Labute approximate surface area is 173 Å². The van der Waals surface area contributed by atoms with E-state index in [0.29, 0.717) is 38.6 Å². The van der Waals surface area contributed by atoms with E-state index in [1.54, 1.807) is 18.0 Å². The minimum absolute atomic E-state index is 0.0833. The quantitative estimate of drug-likeness (QED) is 0.369. The maximum atomic E-state index is 12.3. The van der Waals surface area contributed by atoms with Crippen molar-refractivity contribution >= 4 is 11.9 Å². The molecule has 29 heavy (non-hydrogen) atoms. The van der Waals surface area contributed by atoms with Crippen molar-refractivity contribution in [3.63, 3.8) is 0 Å². The van der Waals surface area contributed by atoms with E-state index in [4.69, 9.17) is 4.74 Å². The Morgan fingerprint density at radius 3 is 2.59 bits per heavy atom. The molecule has 0 radical (unpaired) electrons. The second-order valence-electron chi connectivity index (χ2n) is 6.55. The highest BCUT2D eigenvalue weighted by atomic mass is 16.5. The largest absolute Gasteiger partial charge is 0.489 e. The van der Waals surface area contributed by atoms with Gasteiger partial charge in [0.2, 0.25) is 5.91 Å². The summed E-state index contributed by atoms with van der Waals surface area (Å²) in [5.41, 5.74) is 2.14. The molecule has 0 spiro atoms. The summed E-state index contributed by atoms with van der Waals surface area (Å²) in [6.45, 7) is 5.81. The second-order valence-corrected chi connectivity index (χ2v) is 6.55. The number of benzene rings is 2. The number of rotatable bonds is 10. The van der Waals surface area contributed by atoms with Crippen LogP contribution in [0.1, 0.15) is 17.5 Å². The molecule has 6 heteroatoms. The van der Waals surface area contributed by atoms with Crippen LogP contribution in [0.15, 0.2) is 72.2 Å². The minimum Gasteiger partial charge on any atom is -0.489 e. The molecule has 2 N–H and O–H groups in total. The van der Waals surface area contributed by atoms with Crippen molar-refractivity contribution in [3.8, 4) is 5.75 Å². The maximum absolute atomic E-state index is 12.3. The van der Waals surface area contributed by atoms with Crippen LogP contribution in [0.25, 0.3) is 0 Å². The SMILES string of the molecule is C=CCOc1ccccc1CNC(=NC)NCCC(=O)N(C)Cc1ccccc1. The molecule has 154 valence electrons. The first kappa shape index (κ1) is 22.0. The van der Waals surface area contributed by atoms with E-state index in [9.17, 15) is 4.79 Å². The fraction of sp³-hybridized carbons (Fsp3) is 0.304. The first-order chi connectivity index (χ1) is 14.1. The average molecular weight is 395 g/mol. The third-order valence-corrected chi connectivity index (χ3v) is 4.32. The van der Waals surface area contributed by atoms with Crippen LogP contribution in [0.2, 0.25) is 0 Å². The fourth-order valence-electron chi connectivity index (χ4n) is 2.76. The van der Waals surface area contributed by atoms with Crippen molar-refractivity contribution in [2.75, 3.05) is 27.2 Å². The van der Waals surface area contributed by atoms with Gasteiger partial charge in [-0.3, -0.25) is 9.79 Å². The Morgan fingerprint density at radius 1 is 1.14 bits per heavy atom. The van der Waals surface area contributed by atoms with E-state index in [1.807, 2.05) is 61.6 Å². The van der Waals surface area contributed by atoms with Gasteiger partial charge in [0.25, 0.3) is 0 Å². The van der Waals surface area contributed by atoms with Gasteiger partial charge in [0.1, 0.15) is 12.4 Å². The number of nitrogens with one attached hydrogen (secondary N) is 2. The lowest BCUT2D eigenvalue weighted by Crippen LogP contribution is -2.39. The van der Waals surface area contributed by atoms with Gasteiger partial charge in [-0.1, -0.05) is 61.2 Å². The van der Waals surface area contributed by atoms with Crippen LogP contribution in [0.5, 0.6) is 5.75 Å². The number of amides is 1. The molecule has 6 nitrogen and oxygen atoms in total. The molecule has 0 heterocycles. The van der Waals surface area contributed by atoms with Crippen LogP contribution >= 0.6 is 0 Å². The summed E-state index contributed by atoms with van der Waals surface area (Å²) in [5, 5.41) is 6.44. The Hall–Kier alpha value is -3.28. The van der Waals surface area contributed by atoms with E-state index in [0.717, 1.165) is 16.9 Å². The van der Waals surface area contributed by atoms with Crippen LogP contribution in [0.3, 0.4) is 0 Å². The molecule has 0 saturated carbocycles. The highest BCUT2D eigenvalue weighted by molar-refractivity contribution is 5.81. The fourth-order valence-corrected chi connectivity index (χ4v) is 2.76. The molecule has 0 aliphatic heterocycles. The second kappa shape index (κ2) is 12.2. The first-order valence-corrected chi connectivity index (χ1v) is 9.68. The van der Waals surface area contributed by atoms with Crippen molar-refractivity contribution < 1.29 is 9.53 Å². The van der Waals surface area contributed by atoms with Crippen molar-refractivity contribution in [1.29, 1.82) is 0 Å². The van der Waals surface area contributed by atoms with E-state index in [-0.39, 0.29) is 5.91 Å². The predicted octanol–water partition coefficient (Wildman–Crippen LogP) is 2.97. The molecule has 0 fully saturated rings. The number of carbonyl (C=O) groups excluding carboxylic acids is 1. The Kier molecular flexibility index (Phi) is 9.29. The summed E-state index contributed by atoms with van der Waals surface area (Å²) in [4.78, 5) is 18.3. The Balaban J connectivity index is 1.76. The molecule has 1 amide bonds. The predicted molar refractivity (Wildman–Crippen MR) is 118 cm³/mol. The number of aliphatic imine (C=N–C) groups is 1. The number of hydrogen-bond acceptors (Lipinski definition) is 3. The highest BCUT2D eigenvalue weighted by Gasteiger charge is 2.10. The van der Waals surface area contributed by atoms with E-state index in [1.165, 1.54) is 0 Å². The molecule has 0 aromatic heterocycles. The smallest absolute Gasteiger partial charge is 0.224 e. The average Bonchev–Trinajstić information content (AvgIpc) is 2.75. The first-order valence-electron chi connectivity index (χ1n) is 9.68. The topological polar surface area (TPSA) is 66.0 Å². The third-order valence-electron chi connectivity index (χ3n) is 4.32. The van der Waals surface area contributed by atoms with E-state index >= 15 is 0 Å². The number of para-hydroxylation sites is 1. The van der Waals surface area contributed by atoms with Crippen LogP contribution in [-0.4, -0.2) is 44.0 Å². The molecule has 2 aromatic carbocycles. The number of nitrogens with zero attached hydrogens (tertiary/aromatic N) is 2. The Bertz CT molecular complexity index is 806. The highest BCUT2D eigenvalue weighted by Crippen LogP contribution is 2.17. The van der Waals surface area contributed by atoms with Gasteiger partial charge in [0, 0.05) is 45.7 Å². The molecule has 0 unspecified atom stereocenters. The summed E-state index contributed by atoms with van der Waals surface area (Å²) in [6.07, 6.45) is 2.11. The zero-order chi connectivity index (χ0) is 20.9. The number of carbonyl (C=O) groups is 1. The molecule has 2 rings (SSSR count). The van der Waals surface area contributed by atoms with Crippen molar-refractivity contribution in [1.82, 2.24) is 15.5 Å². The van der Waals surface area contributed by atoms with Crippen molar-refractivity contribution in [3.05, 3.63) is 78.4 Å².